The third-order valence-corrected chi connectivity index (χ3v) is 6.47. The highest BCUT2D eigenvalue weighted by atomic mass is 28.3. The highest BCUT2D eigenvalue weighted by Gasteiger charge is 2.34. The van der Waals surface area contributed by atoms with Crippen LogP contribution in [0.5, 0.6) is 0 Å². The van der Waals surface area contributed by atoms with Gasteiger partial charge in [0, 0.05) is 0 Å². The minimum atomic E-state index is -1.14. The maximum Gasteiger partial charge on any atom is 0.0857 e. The van der Waals surface area contributed by atoms with Crippen molar-refractivity contribution >= 4 is 18.8 Å². The van der Waals surface area contributed by atoms with Crippen molar-refractivity contribution in [2.24, 2.45) is 0 Å². The summed E-state index contributed by atoms with van der Waals surface area (Å²) in [5.74, 6) is 0. The molecule has 0 unspecified atom stereocenters. The Balaban J connectivity index is 2.43. The molecule has 1 aliphatic heterocycles. The second kappa shape index (κ2) is 3.97. The van der Waals surface area contributed by atoms with Crippen LogP contribution in [0.1, 0.15) is 25.3 Å². The Labute approximate surface area is 94.0 Å². The van der Waals surface area contributed by atoms with Crippen molar-refractivity contribution in [1.29, 1.82) is 0 Å². The van der Waals surface area contributed by atoms with E-state index in [1.807, 2.05) is 0 Å². The van der Waals surface area contributed by atoms with E-state index in [0.717, 1.165) is 0 Å². The molecule has 1 aliphatic rings. The summed E-state index contributed by atoms with van der Waals surface area (Å²) in [5, 5.41) is 1.66. The quantitative estimate of drug-likeness (QED) is 0.660. The molecule has 0 saturated heterocycles. The molecule has 1 heteroatoms. The lowest BCUT2D eigenvalue weighted by Crippen LogP contribution is -2.37. The average molecular weight is 216 g/mol. The fourth-order valence-corrected chi connectivity index (χ4v) is 5.52. The van der Waals surface area contributed by atoms with Crippen LogP contribution in [0.2, 0.25) is 19.1 Å². The molecule has 0 radical (unpaired) electrons. The van der Waals surface area contributed by atoms with Gasteiger partial charge in [-0.2, -0.15) is 0 Å². The summed E-state index contributed by atoms with van der Waals surface area (Å²) in [6.45, 7) is 7.22. The summed E-state index contributed by atoms with van der Waals surface area (Å²) < 4.78 is 0. The van der Waals surface area contributed by atoms with Crippen molar-refractivity contribution in [3.63, 3.8) is 0 Å². The van der Waals surface area contributed by atoms with Gasteiger partial charge in [-0.15, -0.1) is 0 Å². The minimum absolute atomic E-state index is 1.14. The van der Waals surface area contributed by atoms with Gasteiger partial charge in [0.2, 0.25) is 0 Å². The number of hydrogen-bond donors (Lipinski definition) is 0. The van der Waals surface area contributed by atoms with Gasteiger partial charge in [-0.1, -0.05) is 62.0 Å². The van der Waals surface area contributed by atoms with E-state index in [4.69, 9.17) is 0 Å². The SMILES string of the molecule is CCC/C=C1/C[Si](C)(C)c2ccccc21. The molecule has 80 valence electrons. The zero-order chi connectivity index (χ0) is 10.9. The zero-order valence-electron chi connectivity index (χ0n) is 10.0. The van der Waals surface area contributed by atoms with Gasteiger partial charge in [0.25, 0.3) is 0 Å². The second-order valence-corrected chi connectivity index (χ2v) is 9.78. The van der Waals surface area contributed by atoms with Crippen molar-refractivity contribution < 1.29 is 0 Å². The molecular formula is C14H20Si. The fraction of sp³-hybridized carbons (Fsp3) is 0.429. The molecule has 0 nitrogen and oxygen atoms in total. The highest BCUT2D eigenvalue weighted by molar-refractivity contribution is 6.93. The zero-order valence-corrected chi connectivity index (χ0v) is 11.0. The van der Waals surface area contributed by atoms with Crippen LogP contribution in [0.25, 0.3) is 5.57 Å². The Kier molecular flexibility index (Phi) is 2.83. The molecule has 1 aromatic rings. The van der Waals surface area contributed by atoms with Gasteiger partial charge in [0.1, 0.15) is 0 Å². The number of allylic oxidation sites excluding steroid dienone is 2. The van der Waals surface area contributed by atoms with Crippen LogP contribution in [-0.4, -0.2) is 8.07 Å². The maximum atomic E-state index is 2.48. The topological polar surface area (TPSA) is 0 Å². The first-order valence-electron chi connectivity index (χ1n) is 5.94. The number of benzene rings is 1. The van der Waals surface area contributed by atoms with Crippen molar-refractivity contribution in [3.05, 3.63) is 35.9 Å². The first-order valence-corrected chi connectivity index (χ1v) is 9.15. The maximum absolute atomic E-state index is 2.48. The lowest BCUT2D eigenvalue weighted by atomic mass is 10.1. The first-order chi connectivity index (χ1) is 7.15. The van der Waals surface area contributed by atoms with Crippen LogP contribution in [0.4, 0.5) is 0 Å². The molecule has 0 atom stereocenters. The monoisotopic (exact) mass is 216 g/mol. The molecule has 0 aliphatic carbocycles. The third kappa shape index (κ3) is 1.93. The van der Waals surface area contributed by atoms with Gasteiger partial charge in [0.15, 0.2) is 0 Å². The van der Waals surface area contributed by atoms with Gasteiger partial charge in [-0.05, 0) is 23.6 Å². The predicted octanol–water partition coefficient (Wildman–Crippen LogP) is 3.80. The summed E-state index contributed by atoms with van der Waals surface area (Å²) in [7, 11) is -1.14. The minimum Gasteiger partial charge on any atom is -0.0810 e. The van der Waals surface area contributed by atoms with E-state index in [9.17, 15) is 0 Å². The molecule has 0 spiro atoms. The normalized spacial score (nSPS) is 20.6. The van der Waals surface area contributed by atoms with Gasteiger partial charge < -0.3 is 0 Å². The molecule has 0 N–H and O–H groups in total. The van der Waals surface area contributed by atoms with Gasteiger partial charge in [-0.3, -0.25) is 0 Å². The Bertz CT molecular complexity index is 388. The van der Waals surface area contributed by atoms with Crippen molar-refractivity contribution in [2.45, 2.75) is 38.9 Å². The third-order valence-electron chi connectivity index (χ3n) is 3.31. The summed E-state index contributed by atoms with van der Waals surface area (Å²) >= 11 is 0. The van der Waals surface area contributed by atoms with E-state index >= 15 is 0 Å². The van der Waals surface area contributed by atoms with E-state index in [-0.39, 0.29) is 0 Å². The van der Waals surface area contributed by atoms with Crippen LogP contribution >= 0.6 is 0 Å². The summed E-state index contributed by atoms with van der Waals surface area (Å²) in [5.41, 5.74) is 3.16. The number of rotatable bonds is 2. The molecule has 1 aromatic carbocycles. The van der Waals surface area contributed by atoms with Crippen LogP contribution in [0.3, 0.4) is 0 Å². The average Bonchev–Trinajstić information content (AvgIpc) is 2.49. The van der Waals surface area contributed by atoms with Crippen LogP contribution in [0.15, 0.2) is 30.3 Å². The summed E-state index contributed by atoms with van der Waals surface area (Å²) in [6, 6.07) is 10.4. The lowest BCUT2D eigenvalue weighted by Gasteiger charge is -2.14. The number of unbranched alkanes of at least 4 members (excludes halogenated alkanes) is 1. The molecule has 15 heavy (non-hydrogen) atoms. The van der Waals surface area contributed by atoms with Crippen molar-refractivity contribution in [2.75, 3.05) is 0 Å². The standard InChI is InChI=1S/C14H20Si/c1-4-5-8-12-11-15(2,3)14-10-7-6-9-13(12)14/h6-10H,4-5,11H2,1-3H3/b12-8-. The van der Waals surface area contributed by atoms with E-state index in [0.29, 0.717) is 0 Å². The Morgan fingerprint density at radius 1 is 1.27 bits per heavy atom. The molecule has 1 heterocycles. The van der Waals surface area contributed by atoms with Crippen LogP contribution in [-0.2, 0) is 0 Å². The Hall–Kier alpha value is -0.823. The highest BCUT2D eigenvalue weighted by Crippen LogP contribution is 2.33. The molecule has 2 rings (SSSR count). The molecule has 0 amide bonds. The van der Waals surface area contributed by atoms with Gasteiger partial charge >= 0.3 is 0 Å². The number of fused-ring (bicyclic) bond motifs is 1. The van der Waals surface area contributed by atoms with Gasteiger partial charge in [-0.25, -0.2) is 0 Å². The molecule has 0 fully saturated rings. The van der Waals surface area contributed by atoms with E-state index in [2.05, 4.69) is 50.4 Å². The smallest absolute Gasteiger partial charge is 0.0810 e. The van der Waals surface area contributed by atoms with Crippen molar-refractivity contribution in [1.82, 2.24) is 0 Å². The summed E-state index contributed by atoms with van der Waals surface area (Å²) in [6.07, 6.45) is 4.95. The number of hydrogen-bond acceptors (Lipinski definition) is 0. The molecule has 0 saturated carbocycles. The van der Waals surface area contributed by atoms with Crippen molar-refractivity contribution in [3.8, 4) is 0 Å². The molecule has 0 bridgehead atoms. The fourth-order valence-electron chi connectivity index (χ4n) is 2.52. The first kappa shape index (κ1) is 10.7. The lowest BCUT2D eigenvalue weighted by molar-refractivity contribution is 0.959. The second-order valence-electron chi connectivity index (χ2n) is 5.12. The van der Waals surface area contributed by atoms with Crippen LogP contribution in [0, 0.1) is 0 Å². The summed E-state index contributed by atoms with van der Waals surface area (Å²) in [4.78, 5) is 0. The molecular weight excluding hydrogens is 196 g/mol. The van der Waals surface area contributed by atoms with Crippen LogP contribution < -0.4 is 5.19 Å². The van der Waals surface area contributed by atoms with Gasteiger partial charge in [0.05, 0.1) is 8.07 Å². The van der Waals surface area contributed by atoms with E-state index < -0.39 is 8.07 Å². The predicted molar refractivity (Wildman–Crippen MR) is 71.3 cm³/mol. The van der Waals surface area contributed by atoms with E-state index in [1.54, 1.807) is 16.3 Å². The molecule has 0 aromatic heterocycles. The van der Waals surface area contributed by atoms with E-state index in [1.165, 1.54) is 18.9 Å². The Morgan fingerprint density at radius 3 is 2.73 bits per heavy atom. The largest absolute Gasteiger partial charge is 0.0857 e. The Morgan fingerprint density at radius 2 is 2.00 bits per heavy atom.